The molecular formula is C31H28F7NO2. The van der Waals surface area contributed by atoms with Crippen LogP contribution in [0.25, 0.3) is 0 Å². The molecule has 218 valence electrons. The molecule has 0 bridgehead atoms. The van der Waals surface area contributed by atoms with Crippen molar-refractivity contribution < 1.29 is 40.6 Å². The molecular weight excluding hydrogens is 551 g/mol. The highest BCUT2D eigenvalue weighted by Gasteiger charge is 2.71. The number of halogens is 7. The number of aliphatic hydroxyl groups is 1. The number of carbonyl (C=O) groups excluding carboxylic acids is 1. The van der Waals surface area contributed by atoms with Gasteiger partial charge < -0.3 is 10.0 Å². The molecule has 1 N–H and O–H groups in total. The van der Waals surface area contributed by atoms with Crippen LogP contribution in [0.5, 0.6) is 0 Å². The summed E-state index contributed by atoms with van der Waals surface area (Å²) in [6.45, 7) is 2.26. The predicted molar refractivity (Wildman–Crippen MR) is 137 cm³/mol. The molecule has 5 rings (SSSR count). The van der Waals surface area contributed by atoms with E-state index in [1.165, 1.54) is 17.7 Å². The number of hydrogen-bond donors (Lipinski definition) is 1. The minimum absolute atomic E-state index is 0.0736. The number of fused-ring (bicyclic) bond motifs is 1. The largest absolute Gasteiger partial charge is 0.430 e. The van der Waals surface area contributed by atoms with Crippen LogP contribution in [0.4, 0.5) is 30.7 Å². The number of alkyl halides is 6. The molecule has 1 aliphatic heterocycles. The van der Waals surface area contributed by atoms with Gasteiger partial charge in [0.1, 0.15) is 5.82 Å². The van der Waals surface area contributed by atoms with Gasteiger partial charge in [0.05, 0.1) is 0 Å². The average Bonchev–Trinajstić information content (AvgIpc) is 3.29. The van der Waals surface area contributed by atoms with Crippen molar-refractivity contribution in [3.05, 3.63) is 106 Å². The summed E-state index contributed by atoms with van der Waals surface area (Å²) < 4.78 is 94.3. The Balaban J connectivity index is 1.48. The molecule has 1 saturated heterocycles. The van der Waals surface area contributed by atoms with Crippen molar-refractivity contribution in [2.75, 3.05) is 13.1 Å². The maximum absolute atomic E-state index is 13.8. The number of benzene rings is 3. The standard InChI is InChI=1S/C31H28F7NO2/c1-28(23-12-14-25(32)15-13-23)18-39(27(40)22-7-6-19-4-2-3-5-21(19)16-22)17-26(28)20-8-10-24(11-9-20)29(41,30(33,34)35)31(36,37)38/h2-5,8-15,22,26,41H,6-7,16-18H2,1H3/t22?,26-,28+/m0/s1. The van der Waals surface area contributed by atoms with Gasteiger partial charge in [0.15, 0.2) is 0 Å². The monoisotopic (exact) mass is 579 g/mol. The Kier molecular flexibility index (Phi) is 7.21. The number of aryl methyl sites for hydroxylation is 1. The van der Waals surface area contributed by atoms with E-state index in [1.54, 1.807) is 17.0 Å². The molecule has 1 aliphatic carbocycles. The van der Waals surface area contributed by atoms with Gasteiger partial charge >= 0.3 is 12.4 Å². The van der Waals surface area contributed by atoms with Crippen LogP contribution in [-0.2, 0) is 28.7 Å². The van der Waals surface area contributed by atoms with Crippen LogP contribution in [0.3, 0.4) is 0 Å². The van der Waals surface area contributed by atoms with E-state index in [9.17, 15) is 40.6 Å². The third-order valence-corrected chi connectivity index (χ3v) is 8.75. The SMILES string of the molecule is C[C@]1(c2ccc(F)cc2)CN(C(=O)C2CCc3ccccc3C2)C[C@H]1c1ccc(C(O)(C(F)(F)F)C(F)(F)F)cc1. The predicted octanol–water partition coefficient (Wildman–Crippen LogP) is 6.83. The lowest BCUT2D eigenvalue weighted by Gasteiger charge is -2.34. The van der Waals surface area contributed by atoms with E-state index >= 15 is 0 Å². The number of carbonyl (C=O) groups is 1. The first-order valence-electron chi connectivity index (χ1n) is 13.2. The van der Waals surface area contributed by atoms with Crippen LogP contribution in [0.2, 0.25) is 0 Å². The molecule has 0 aromatic heterocycles. The summed E-state index contributed by atoms with van der Waals surface area (Å²) in [4.78, 5) is 15.4. The molecule has 1 unspecified atom stereocenters. The fourth-order valence-corrected chi connectivity index (χ4v) is 6.37. The van der Waals surface area contributed by atoms with Crippen molar-refractivity contribution in [3.8, 4) is 0 Å². The van der Waals surface area contributed by atoms with Crippen molar-refractivity contribution in [2.24, 2.45) is 5.92 Å². The molecule has 10 heteroatoms. The van der Waals surface area contributed by atoms with Gasteiger partial charge in [0, 0.05) is 35.9 Å². The van der Waals surface area contributed by atoms with Crippen LogP contribution >= 0.6 is 0 Å². The Morgan fingerprint density at radius 1 is 0.878 bits per heavy atom. The minimum Gasteiger partial charge on any atom is -0.369 e. The van der Waals surface area contributed by atoms with Gasteiger partial charge in [-0.15, -0.1) is 0 Å². The molecule has 0 spiro atoms. The zero-order valence-corrected chi connectivity index (χ0v) is 22.1. The van der Waals surface area contributed by atoms with E-state index in [1.807, 2.05) is 31.2 Å². The molecule has 2 aliphatic rings. The highest BCUT2D eigenvalue weighted by molar-refractivity contribution is 5.80. The Morgan fingerprint density at radius 2 is 1.46 bits per heavy atom. The molecule has 41 heavy (non-hydrogen) atoms. The first-order chi connectivity index (χ1) is 19.1. The summed E-state index contributed by atoms with van der Waals surface area (Å²) in [6, 6.07) is 17.1. The van der Waals surface area contributed by atoms with Crippen LogP contribution in [0.1, 0.15) is 47.1 Å². The van der Waals surface area contributed by atoms with E-state index < -0.39 is 40.7 Å². The third-order valence-electron chi connectivity index (χ3n) is 8.75. The van der Waals surface area contributed by atoms with Crippen molar-refractivity contribution in [1.82, 2.24) is 4.90 Å². The number of nitrogens with zero attached hydrogens (tertiary/aromatic N) is 1. The fourth-order valence-electron chi connectivity index (χ4n) is 6.37. The highest BCUT2D eigenvalue weighted by Crippen LogP contribution is 2.51. The first kappa shape index (κ1) is 29.1. The first-order valence-corrected chi connectivity index (χ1v) is 13.2. The zero-order valence-electron chi connectivity index (χ0n) is 22.1. The highest BCUT2D eigenvalue weighted by atomic mass is 19.4. The molecule has 3 aromatic carbocycles. The minimum atomic E-state index is -6.00. The van der Waals surface area contributed by atoms with Gasteiger partial charge in [-0.2, -0.15) is 26.3 Å². The molecule has 3 aromatic rings. The molecule has 3 atom stereocenters. The van der Waals surface area contributed by atoms with Gasteiger partial charge in [0.25, 0.3) is 5.60 Å². The number of hydrogen-bond acceptors (Lipinski definition) is 2. The van der Waals surface area contributed by atoms with Gasteiger partial charge in [-0.3, -0.25) is 4.79 Å². The van der Waals surface area contributed by atoms with Crippen molar-refractivity contribution >= 4 is 5.91 Å². The topological polar surface area (TPSA) is 40.5 Å². The molecule has 1 amide bonds. The van der Waals surface area contributed by atoms with Crippen LogP contribution in [0, 0.1) is 11.7 Å². The number of likely N-dealkylation sites (tertiary alicyclic amines) is 1. The van der Waals surface area contributed by atoms with E-state index in [0.29, 0.717) is 36.1 Å². The van der Waals surface area contributed by atoms with E-state index in [0.717, 1.165) is 24.1 Å². The lowest BCUT2D eigenvalue weighted by atomic mass is 9.71. The maximum atomic E-state index is 13.8. The fraction of sp³-hybridized carbons (Fsp3) is 0.387. The van der Waals surface area contributed by atoms with E-state index in [2.05, 4.69) is 0 Å². The normalized spacial score (nSPS) is 23.4. The van der Waals surface area contributed by atoms with Crippen molar-refractivity contribution in [1.29, 1.82) is 0 Å². The Labute approximate surface area is 232 Å². The molecule has 1 fully saturated rings. The molecule has 0 saturated carbocycles. The summed E-state index contributed by atoms with van der Waals surface area (Å²) in [6.07, 6.45) is -10.0. The molecule has 1 heterocycles. The molecule has 0 radical (unpaired) electrons. The van der Waals surface area contributed by atoms with E-state index in [4.69, 9.17) is 0 Å². The van der Waals surface area contributed by atoms with Gasteiger partial charge in [-0.25, -0.2) is 4.39 Å². The van der Waals surface area contributed by atoms with Gasteiger partial charge in [-0.1, -0.05) is 67.6 Å². The Hall–Kier alpha value is -3.40. The maximum Gasteiger partial charge on any atom is 0.430 e. The Morgan fingerprint density at radius 3 is 2.05 bits per heavy atom. The second-order valence-electron chi connectivity index (χ2n) is 11.2. The number of rotatable bonds is 4. The zero-order chi connectivity index (χ0) is 29.8. The summed E-state index contributed by atoms with van der Waals surface area (Å²) in [5.74, 6) is -1.33. The lowest BCUT2D eigenvalue weighted by molar-refractivity contribution is -0.376. The van der Waals surface area contributed by atoms with Crippen molar-refractivity contribution in [2.45, 2.75) is 55.5 Å². The Bertz CT molecular complexity index is 1400. The smallest absolute Gasteiger partial charge is 0.369 e. The summed E-state index contributed by atoms with van der Waals surface area (Å²) in [7, 11) is 0. The number of amides is 1. The second kappa shape index (κ2) is 10.2. The van der Waals surface area contributed by atoms with Crippen LogP contribution < -0.4 is 0 Å². The molecule has 3 nitrogen and oxygen atoms in total. The van der Waals surface area contributed by atoms with Crippen LogP contribution in [0.15, 0.2) is 72.8 Å². The quantitative estimate of drug-likeness (QED) is 0.345. The average molecular weight is 580 g/mol. The summed E-state index contributed by atoms with van der Waals surface area (Å²) >= 11 is 0. The lowest BCUT2D eigenvalue weighted by Crippen LogP contribution is -2.53. The third kappa shape index (κ3) is 5.00. The van der Waals surface area contributed by atoms with Crippen molar-refractivity contribution in [3.63, 3.8) is 0 Å². The second-order valence-corrected chi connectivity index (χ2v) is 11.2. The summed E-state index contributed by atoms with van der Waals surface area (Å²) in [5, 5.41) is 9.81. The van der Waals surface area contributed by atoms with Gasteiger partial charge in [0.2, 0.25) is 5.91 Å². The van der Waals surface area contributed by atoms with E-state index in [-0.39, 0.29) is 24.9 Å². The van der Waals surface area contributed by atoms with Crippen LogP contribution in [-0.4, -0.2) is 41.4 Å². The van der Waals surface area contributed by atoms with Gasteiger partial charge in [-0.05, 0) is 53.6 Å². The summed E-state index contributed by atoms with van der Waals surface area (Å²) in [5.41, 5.74) is -3.82.